The lowest BCUT2D eigenvalue weighted by atomic mass is 9.44. The van der Waals surface area contributed by atoms with Gasteiger partial charge in [0.15, 0.2) is 0 Å². The van der Waals surface area contributed by atoms with Gasteiger partial charge in [0.25, 0.3) is 0 Å². The van der Waals surface area contributed by atoms with Crippen LogP contribution < -0.4 is 0 Å². The SMILES string of the molecule is CC(=O)O[C@@H]1CC[C@@]2(C)[C@H](CC[C@@H]3[C@@H]2CC[C@]2(C)C(/C(C)=N/O)=CC[C@@H]32)C1. The van der Waals surface area contributed by atoms with Crippen LogP contribution in [-0.4, -0.2) is 23.0 Å². The number of fused-ring (bicyclic) bond motifs is 5. The van der Waals surface area contributed by atoms with Crippen LogP contribution in [0.3, 0.4) is 0 Å². The quantitative estimate of drug-likeness (QED) is 0.307. The van der Waals surface area contributed by atoms with Crippen LogP contribution in [0.15, 0.2) is 16.8 Å². The number of nitrogens with zero attached hydrogens (tertiary/aromatic N) is 1. The molecule has 3 saturated carbocycles. The molecule has 3 fully saturated rings. The molecule has 0 spiro atoms. The van der Waals surface area contributed by atoms with Crippen LogP contribution in [0.4, 0.5) is 0 Å². The second kappa shape index (κ2) is 6.63. The molecule has 0 aromatic carbocycles. The Morgan fingerprint density at radius 2 is 1.93 bits per heavy atom. The fourth-order valence-corrected chi connectivity index (χ4v) is 7.74. The van der Waals surface area contributed by atoms with Crippen molar-refractivity contribution in [3.8, 4) is 0 Å². The van der Waals surface area contributed by atoms with E-state index >= 15 is 0 Å². The topological polar surface area (TPSA) is 58.9 Å². The lowest BCUT2D eigenvalue weighted by molar-refractivity contribution is -0.158. The van der Waals surface area contributed by atoms with Gasteiger partial charge in [-0.2, -0.15) is 0 Å². The Hall–Kier alpha value is -1.32. The van der Waals surface area contributed by atoms with Gasteiger partial charge in [0, 0.05) is 6.92 Å². The zero-order valence-corrected chi connectivity index (χ0v) is 17.3. The normalized spacial score (nSPS) is 46.7. The maximum atomic E-state index is 11.4. The van der Waals surface area contributed by atoms with Crippen LogP contribution in [0.2, 0.25) is 0 Å². The van der Waals surface area contributed by atoms with Crippen LogP contribution in [0.25, 0.3) is 0 Å². The molecule has 27 heavy (non-hydrogen) atoms. The van der Waals surface area contributed by atoms with Gasteiger partial charge >= 0.3 is 5.97 Å². The molecule has 0 aromatic heterocycles. The number of rotatable bonds is 2. The Morgan fingerprint density at radius 3 is 2.63 bits per heavy atom. The number of allylic oxidation sites excluding steroid dienone is 2. The van der Waals surface area contributed by atoms with Crippen molar-refractivity contribution in [2.24, 2.45) is 39.7 Å². The fourth-order valence-electron chi connectivity index (χ4n) is 7.74. The summed E-state index contributed by atoms with van der Waals surface area (Å²) in [6.45, 7) is 8.42. The minimum atomic E-state index is -0.129. The molecule has 0 saturated heterocycles. The zero-order valence-electron chi connectivity index (χ0n) is 17.3. The molecule has 0 unspecified atom stereocenters. The average molecular weight is 374 g/mol. The molecule has 7 atom stereocenters. The molecule has 4 aliphatic carbocycles. The highest BCUT2D eigenvalue weighted by Gasteiger charge is 2.59. The molecule has 0 radical (unpaired) electrons. The van der Waals surface area contributed by atoms with E-state index < -0.39 is 0 Å². The summed E-state index contributed by atoms with van der Waals surface area (Å²) in [6.07, 6.45) is 11.9. The van der Waals surface area contributed by atoms with Crippen LogP contribution >= 0.6 is 0 Å². The summed E-state index contributed by atoms with van der Waals surface area (Å²) in [6, 6.07) is 0. The maximum Gasteiger partial charge on any atom is 0.302 e. The third-order valence-corrected chi connectivity index (χ3v) is 9.07. The van der Waals surface area contributed by atoms with Gasteiger partial charge in [0.2, 0.25) is 0 Å². The molecule has 4 aliphatic rings. The van der Waals surface area contributed by atoms with Gasteiger partial charge in [-0.05, 0) is 98.4 Å². The molecule has 4 nitrogen and oxygen atoms in total. The first kappa shape index (κ1) is 19.0. The molecule has 4 heteroatoms. The largest absolute Gasteiger partial charge is 0.463 e. The monoisotopic (exact) mass is 373 g/mol. The first-order chi connectivity index (χ1) is 12.8. The Morgan fingerprint density at radius 1 is 1.15 bits per heavy atom. The summed E-state index contributed by atoms with van der Waals surface area (Å²) >= 11 is 0. The van der Waals surface area contributed by atoms with Gasteiger partial charge in [-0.3, -0.25) is 4.79 Å². The van der Waals surface area contributed by atoms with E-state index in [1.807, 2.05) is 6.92 Å². The minimum Gasteiger partial charge on any atom is -0.463 e. The van der Waals surface area contributed by atoms with E-state index in [4.69, 9.17) is 4.74 Å². The summed E-state index contributed by atoms with van der Waals surface area (Å²) in [4.78, 5) is 11.4. The van der Waals surface area contributed by atoms with Gasteiger partial charge < -0.3 is 9.94 Å². The molecule has 0 amide bonds. The molecule has 0 heterocycles. The van der Waals surface area contributed by atoms with Crippen molar-refractivity contribution in [1.29, 1.82) is 0 Å². The van der Waals surface area contributed by atoms with E-state index in [9.17, 15) is 10.0 Å². The Balaban J connectivity index is 1.54. The number of carbonyl (C=O) groups excluding carboxylic acids is 1. The molecular formula is C23H35NO3. The van der Waals surface area contributed by atoms with Gasteiger partial charge in [-0.1, -0.05) is 25.1 Å². The van der Waals surface area contributed by atoms with E-state index in [0.29, 0.717) is 17.3 Å². The van der Waals surface area contributed by atoms with Gasteiger partial charge in [-0.15, -0.1) is 0 Å². The third kappa shape index (κ3) is 2.86. The molecule has 0 aromatic rings. The summed E-state index contributed by atoms with van der Waals surface area (Å²) < 4.78 is 5.58. The van der Waals surface area contributed by atoms with Crippen LogP contribution in [0.5, 0.6) is 0 Å². The van der Waals surface area contributed by atoms with Crippen LogP contribution in [0, 0.1) is 34.5 Å². The van der Waals surface area contributed by atoms with E-state index in [-0.39, 0.29) is 17.5 Å². The van der Waals surface area contributed by atoms with E-state index in [1.165, 1.54) is 44.6 Å². The van der Waals surface area contributed by atoms with Crippen LogP contribution in [-0.2, 0) is 9.53 Å². The highest BCUT2D eigenvalue weighted by atomic mass is 16.5. The number of hydrogen-bond donors (Lipinski definition) is 1. The first-order valence-electron chi connectivity index (χ1n) is 10.9. The molecule has 1 N–H and O–H groups in total. The van der Waals surface area contributed by atoms with Crippen LogP contribution in [0.1, 0.15) is 79.1 Å². The van der Waals surface area contributed by atoms with Crippen molar-refractivity contribution in [2.75, 3.05) is 0 Å². The maximum absolute atomic E-state index is 11.4. The predicted molar refractivity (Wildman–Crippen MR) is 106 cm³/mol. The zero-order chi connectivity index (χ0) is 19.4. The minimum absolute atomic E-state index is 0.129. The van der Waals surface area contributed by atoms with Crippen molar-refractivity contribution < 1.29 is 14.7 Å². The standard InChI is InChI=1S/C23H35NO3/c1-14(24-26)19-7-8-20-18-6-5-16-13-17(27-15(2)25)9-11-22(16,3)21(18)10-12-23(19,20)4/h7,16-18,20-21,26H,5-6,8-13H2,1-4H3/b24-14+/t16-,17-,18+,20+,21+,22+,23-/m1/s1. The highest BCUT2D eigenvalue weighted by molar-refractivity contribution is 5.99. The van der Waals surface area contributed by atoms with Crippen molar-refractivity contribution in [3.63, 3.8) is 0 Å². The van der Waals surface area contributed by atoms with Gasteiger partial charge in [0.1, 0.15) is 6.10 Å². The number of esters is 1. The molecule has 0 aliphatic heterocycles. The van der Waals surface area contributed by atoms with E-state index in [0.717, 1.165) is 36.8 Å². The van der Waals surface area contributed by atoms with Crippen molar-refractivity contribution in [1.82, 2.24) is 0 Å². The molecule has 0 bridgehead atoms. The smallest absolute Gasteiger partial charge is 0.302 e. The summed E-state index contributed by atoms with van der Waals surface area (Å²) in [5.41, 5.74) is 2.67. The average Bonchev–Trinajstić information content (AvgIpc) is 2.98. The predicted octanol–water partition coefficient (Wildman–Crippen LogP) is 5.35. The van der Waals surface area contributed by atoms with E-state index in [2.05, 4.69) is 25.1 Å². The fraction of sp³-hybridized carbons (Fsp3) is 0.826. The van der Waals surface area contributed by atoms with Crippen molar-refractivity contribution in [3.05, 3.63) is 11.6 Å². The highest BCUT2D eigenvalue weighted by Crippen LogP contribution is 2.66. The summed E-state index contributed by atoms with van der Waals surface area (Å²) in [5, 5.41) is 12.9. The summed E-state index contributed by atoms with van der Waals surface area (Å²) in [5.74, 6) is 2.81. The second-order valence-electron chi connectivity index (χ2n) is 10.2. The van der Waals surface area contributed by atoms with Crippen molar-refractivity contribution in [2.45, 2.75) is 85.2 Å². The Labute approximate surface area is 163 Å². The molecular weight excluding hydrogens is 338 g/mol. The molecule has 4 rings (SSSR count). The second-order valence-corrected chi connectivity index (χ2v) is 10.2. The van der Waals surface area contributed by atoms with Gasteiger partial charge in [-0.25, -0.2) is 0 Å². The molecule has 150 valence electrons. The number of carbonyl (C=O) groups is 1. The Bertz CT molecular complexity index is 683. The number of hydrogen-bond acceptors (Lipinski definition) is 4. The van der Waals surface area contributed by atoms with Crippen molar-refractivity contribution >= 4 is 11.7 Å². The van der Waals surface area contributed by atoms with Gasteiger partial charge in [0.05, 0.1) is 5.71 Å². The number of oxime groups is 1. The summed E-state index contributed by atoms with van der Waals surface area (Å²) in [7, 11) is 0. The lowest BCUT2D eigenvalue weighted by Gasteiger charge is -2.60. The third-order valence-electron chi connectivity index (χ3n) is 9.07. The number of ether oxygens (including phenoxy) is 1. The Kier molecular flexibility index (Phi) is 4.67. The van der Waals surface area contributed by atoms with E-state index in [1.54, 1.807) is 0 Å². The lowest BCUT2D eigenvalue weighted by Crippen LogP contribution is -2.54. The first-order valence-corrected chi connectivity index (χ1v) is 10.9.